The van der Waals surface area contributed by atoms with Gasteiger partial charge in [0.25, 0.3) is 0 Å². The molecule has 0 radical (unpaired) electrons. The van der Waals surface area contributed by atoms with E-state index in [-0.39, 0.29) is 18.9 Å². The monoisotopic (exact) mass is 299 g/mol. The normalized spacial score (nSPS) is 11.8. The van der Waals surface area contributed by atoms with E-state index < -0.39 is 16.0 Å². The maximum absolute atomic E-state index is 11.5. The summed E-state index contributed by atoms with van der Waals surface area (Å²) < 4.78 is 30.3. The SMILES string of the molecule is COCCS(=O)(=O)NCc1ccc(C=CC(=O)O)cc1. The fraction of sp³-hybridized carbons (Fsp3) is 0.308. The summed E-state index contributed by atoms with van der Waals surface area (Å²) in [5.41, 5.74) is 1.52. The maximum Gasteiger partial charge on any atom is 0.328 e. The second kappa shape index (κ2) is 7.78. The van der Waals surface area contributed by atoms with Gasteiger partial charge >= 0.3 is 5.97 Å². The standard InChI is InChI=1S/C13H17NO5S/c1-19-8-9-20(17,18)14-10-12-4-2-11(3-5-12)6-7-13(15)16/h2-7,14H,8-10H2,1H3,(H,15,16). The molecule has 1 aromatic carbocycles. The van der Waals surface area contributed by atoms with E-state index in [1.807, 2.05) is 0 Å². The Morgan fingerprint density at radius 2 is 2.00 bits per heavy atom. The van der Waals surface area contributed by atoms with Crippen molar-refractivity contribution < 1.29 is 23.1 Å². The summed E-state index contributed by atoms with van der Waals surface area (Å²) in [4.78, 5) is 10.4. The van der Waals surface area contributed by atoms with Gasteiger partial charge in [0.05, 0.1) is 12.4 Å². The van der Waals surface area contributed by atoms with Crippen LogP contribution in [0.5, 0.6) is 0 Å². The molecule has 0 spiro atoms. The smallest absolute Gasteiger partial charge is 0.328 e. The predicted molar refractivity (Wildman–Crippen MR) is 75.6 cm³/mol. The Hall–Kier alpha value is -1.70. The summed E-state index contributed by atoms with van der Waals surface area (Å²) in [6.07, 6.45) is 2.51. The van der Waals surface area contributed by atoms with Gasteiger partial charge in [-0.1, -0.05) is 24.3 Å². The van der Waals surface area contributed by atoms with Crippen LogP contribution in [0.15, 0.2) is 30.3 Å². The molecule has 0 atom stereocenters. The number of hydrogen-bond acceptors (Lipinski definition) is 4. The molecular formula is C13H17NO5S. The summed E-state index contributed by atoms with van der Waals surface area (Å²) in [5, 5.41) is 8.50. The van der Waals surface area contributed by atoms with Crippen LogP contribution in [-0.2, 0) is 26.1 Å². The molecule has 2 N–H and O–H groups in total. The zero-order valence-corrected chi connectivity index (χ0v) is 11.9. The fourth-order valence-electron chi connectivity index (χ4n) is 1.37. The first-order valence-electron chi connectivity index (χ1n) is 5.89. The quantitative estimate of drug-likeness (QED) is 0.694. The van der Waals surface area contributed by atoms with Crippen molar-refractivity contribution in [2.45, 2.75) is 6.54 Å². The van der Waals surface area contributed by atoms with Crippen molar-refractivity contribution in [3.05, 3.63) is 41.5 Å². The molecule has 20 heavy (non-hydrogen) atoms. The number of hydrogen-bond donors (Lipinski definition) is 2. The van der Waals surface area contributed by atoms with E-state index in [0.29, 0.717) is 0 Å². The van der Waals surface area contributed by atoms with E-state index in [1.165, 1.54) is 13.2 Å². The third kappa shape index (κ3) is 6.46. The highest BCUT2D eigenvalue weighted by Crippen LogP contribution is 2.06. The molecule has 0 saturated carbocycles. The van der Waals surface area contributed by atoms with E-state index in [4.69, 9.17) is 9.84 Å². The lowest BCUT2D eigenvalue weighted by molar-refractivity contribution is -0.131. The Bertz CT molecular complexity index is 563. The highest BCUT2D eigenvalue weighted by Gasteiger charge is 2.08. The fourth-order valence-corrected chi connectivity index (χ4v) is 2.29. The van der Waals surface area contributed by atoms with E-state index in [2.05, 4.69) is 4.72 Å². The molecule has 0 fully saturated rings. The van der Waals surface area contributed by atoms with Gasteiger partial charge in [0, 0.05) is 19.7 Å². The van der Waals surface area contributed by atoms with Crippen molar-refractivity contribution >= 4 is 22.1 Å². The van der Waals surface area contributed by atoms with Crippen LogP contribution in [0.2, 0.25) is 0 Å². The predicted octanol–water partition coefficient (Wildman–Crippen LogP) is 0.850. The van der Waals surface area contributed by atoms with Crippen LogP contribution in [-0.4, -0.2) is 39.0 Å². The Labute approximate surface area is 118 Å². The second-order valence-electron chi connectivity index (χ2n) is 4.05. The molecule has 0 unspecified atom stereocenters. The number of carboxylic acids is 1. The Morgan fingerprint density at radius 3 is 2.55 bits per heavy atom. The van der Waals surface area contributed by atoms with Crippen LogP contribution in [0.3, 0.4) is 0 Å². The van der Waals surface area contributed by atoms with Gasteiger partial charge in [0.1, 0.15) is 0 Å². The third-order valence-electron chi connectivity index (χ3n) is 2.45. The Balaban J connectivity index is 2.56. The van der Waals surface area contributed by atoms with Crippen molar-refractivity contribution in [2.24, 2.45) is 0 Å². The summed E-state index contributed by atoms with van der Waals surface area (Å²) in [7, 11) is -1.90. The molecule has 1 aromatic rings. The summed E-state index contributed by atoms with van der Waals surface area (Å²) >= 11 is 0. The molecule has 6 nitrogen and oxygen atoms in total. The van der Waals surface area contributed by atoms with Crippen LogP contribution in [0, 0.1) is 0 Å². The number of sulfonamides is 1. The van der Waals surface area contributed by atoms with Crippen molar-refractivity contribution in [2.75, 3.05) is 19.5 Å². The number of methoxy groups -OCH3 is 1. The van der Waals surface area contributed by atoms with Crippen molar-refractivity contribution in [3.63, 3.8) is 0 Å². The molecule has 0 aliphatic rings. The molecule has 0 aromatic heterocycles. The highest BCUT2D eigenvalue weighted by molar-refractivity contribution is 7.89. The first kappa shape index (κ1) is 16.4. The average Bonchev–Trinajstić information content (AvgIpc) is 2.42. The minimum absolute atomic E-state index is 0.0804. The summed E-state index contributed by atoms with van der Waals surface area (Å²) in [5.74, 6) is -1.09. The first-order valence-corrected chi connectivity index (χ1v) is 7.54. The van der Waals surface area contributed by atoms with Gasteiger partial charge in [-0.25, -0.2) is 17.9 Å². The van der Waals surface area contributed by atoms with Gasteiger partial charge in [-0.05, 0) is 17.2 Å². The number of nitrogens with one attached hydrogen (secondary N) is 1. The van der Waals surface area contributed by atoms with Crippen molar-refractivity contribution in [1.29, 1.82) is 0 Å². The van der Waals surface area contributed by atoms with Crippen LogP contribution in [0.4, 0.5) is 0 Å². The molecule has 1 rings (SSSR count). The van der Waals surface area contributed by atoms with Crippen LogP contribution >= 0.6 is 0 Å². The molecule has 0 heterocycles. The van der Waals surface area contributed by atoms with E-state index >= 15 is 0 Å². The minimum atomic E-state index is -3.34. The largest absolute Gasteiger partial charge is 0.478 e. The average molecular weight is 299 g/mol. The maximum atomic E-state index is 11.5. The van der Waals surface area contributed by atoms with Gasteiger partial charge in [-0.15, -0.1) is 0 Å². The summed E-state index contributed by atoms with van der Waals surface area (Å²) in [6, 6.07) is 6.91. The van der Waals surface area contributed by atoms with Crippen molar-refractivity contribution in [1.82, 2.24) is 4.72 Å². The highest BCUT2D eigenvalue weighted by atomic mass is 32.2. The lowest BCUT2D eigenvalue weighted by atomic mass is 10.1. The molecular weight excluding hydrogens is 282 g/mol. The Kier molecular flexibility index (Phi) is 6.37. The Morgan fingerprint density at radius 1 is 1.35 bits per heavy atom. The number of carbonyl (C=O) groups is 1. The first-order chi connectivity index (χ1) is 9.43. The molecule has 7 heteroatoms. The molecule has 0 saturated heterocycles. The number of carboxylic acid groups (broad SMARTS) is 1. The van der Waals surface area contributed by atoms with Gasteiger partial charge in [-0.3, -0.25) is 0 Å². The van der Waals surface area contributed by atoms with Gasteiger partial charge in [0.2, 0.25) is 10.0 Å². The number of rotatable bonds is 8. The van der Waals surface area contributed by atoms with E-state index in [9.17, 15) is 13.2 Å². The number of aliphatic carboxylic acids is 1. The second-order valence-corrected chi connectivity index (χ2v) is 5.97. The van der Waals surface area contributed by atoms with Crippen molar-refractivity contribution in [3.8, 4) is 0 Å². The number of ether oxygens (including phenoxy) is 1. The molecule has 0 aliphatic heterocycles. The van der Waals surface area contributed by atoms with E-state index in [1.54, 1.807) is 24.3 Å². The third-order valence-corrected chi connectivity index (χ3v) is 3.74. The molecule has 0 aliphatic carbocycles. The molecule has 110 valence electrons. The zero-order chi connectivity index (χ0) is 15.0. The zero-order valence-electron chi connectivity index (χ0n) is 11.1. The van der Waals surface area contributed by atoms with Crippen LogP contribution in [0.25, 0.3) is 6.08 Å². The van der Waals surface area contributed by atoms with Gasteiger partial charge in [0.15, 0.2) is 0 Å². The van der Waals surface area contributed by atoms with Crippen LogP contribution < -0.4 is 4.72 Å². The van der Waals surface area contributed by atoms with E-state index in [0.717, 1.165) is 17.2 Å². The lowest BCUT2D eigenvalue weighted by Crippen LogP contribution is -2.27. The summed E-state index contributed by atoms with van der Waals surface area (Å²) in [6.45, 7) is 0.337. The lowest BCUT2D eigenvalue weighted by Gasteiger charge is -2.06. The molecule has 0 amide bonds. The van der Waals surface area contributed by atoms with Gasteiger partial charge in [-0.2, -0.15) is 0 Å². The van der Waals surface area contributed by atoms with Gasteiger partial charge < -0.3 is 9.84 Å². The number of benzene rings is 1. The molecule has 0 bridgehead atoms. The minimum Gasteiger partial charge on any atom is -0.478 e. The van der Waals surface area contributed by atoms with Crippen LogP contribution in [0.1, 0.15) is 11.1 Å². The topological polar surface area (TPSA) is 92.7 Å².